The lowest BCUT2D eigenvalue weighted by molar-refractivity contribution is 0.129. The number of benzene rings is 2. The van der Waals surface area contributed by atoms with E-state index in [9.17, 15) is 0 Å². The zero-order valence-corrected chi connectivity index (χ0v) is 10.3. The zero-order valence-electron chi connectivity index (χ0n) is 10.3. The molecule has 1 fully saturated rings. The Hall–Kier alpha value is -1.58. The van der Waals surface area contributed by atoms with E-state index in [1.165, 1.54) is 0 Å². The van der Waals surface area contributed by atoms with Gasteiger partial charge in [-0.1, -0.05) is 60.7 Å². The Kier molecular flexibility index (Phi) is 3.18. The van der Waals surface area contributed by atoms with Crippen LogP contribution in [0.3, 0.4) is 0 Å². The summed E-state index contributed by atoms with van der Waals surface area (Å²) in [7, 11) is 0. The summed E-state index contributed by atoms with van der Waals surface area (Å²) in [6, 6.07) is 20.5. The summed E-state index contributed by atoms with van der Waals surface area (Å²) >= 11 is 0. The van der Waals surface area contributed by atoms with Crippen molar-refractivity contribution in [3.05, 3.63) is 60.7 Å². The van der Waals surface area contributed by atoms with E-state index in [0.717, 1.165) is 30.6 Å². The molecule has 0 spiro atoms. The third-order valence-corrected chi connectivity index (χ3v) is 3.47. The molecular formula is C15H16BO2-. The lowest BCUT2D eigenvalue weighted by atomic mass is 9.46. The number of hydrogen-bond acceptors (Lipinski definition) is 2. The van der Waals surface area contributed by atoms with Crippen molar-refractivity contribution in [1.29, 1.82) is 0 Å². The van der Waals surface area contributed by atoms with Crippen LogP contribution in [0.1, 0.15) is 6.42 Å². The van der Waals surface area contributed by atoms with Gasteiger partial charge in [-0.3, -0.25) is 0 Å². The van der Waals surface area contributed by atoms with Crippen LogP contribution in [0.25, 0.3) is 0 Å². The van der Waals surface area contributed by atoms with Crippen LogP contribution < -0.4 is 10.9 Å². The average molecular weight is 239 g/mol. The van der Waals surface area contributed by atoms with E-state index in [0.29, 0.717) is 0 Å². The number of hydrogen-bond donors (Lipinski definition) is 0. The Morgan fingerprint density at radius 3 is 1.56 bits per heavy atom. The van der Waals surface area contributed by atoms with Crippen LogP contribution in [0.2, 0.25) is 0 Å². The predicted octanol–water partition coefficient (Wildman–Crippen LogP) is 1.68. The standard InChI is InChI=1S/C15H16BO2/c1-3-8-14(9-4-1)16(17-12-7-13-18-16)15-10-5-2-6-11-15/h1-6,8-11H,7,12-13H2/q-1. The summed E-state index contributed by atoms with van der Waals surface area (Å²) in [5.41, 5.74) is 2.23. The lowest BCUT2D eigenvalue weighted by Gasteiger charge is -2.46. The molecule has 0 unspecified atom stereocenters. The Morgan fingerprint density at radius 1 is 0.667 bits per heavy atom. The molecule has 0 aromatic heterocycles. The SMILES string of the molecule is c1ccc([B-]2(c3ccccc3)OCCCO2)cc1. The van der Waals surface area contributed by atoms with Crippen molar-refractivity contribution in [2.75, 3.05) is 13.2 Å². The van der Waals surface area contributed by atoms with Crippen molar-refractivity contribution in [2.24, 2.45) is 0 Å². The molecule has 2 aromatic carbocycles. The van der Waals surface area contributed by atoms with Gasteiger partial charge in [-0.2, -0.15) is 0 Å². The van der Waals surface area contributed by atoms with Gasteiger partial charge in [0.2, 0.25) is 0 Å². The summed E-state index contributed by atoms with van der Waals surface area (Å²) in [6.07, 6.45) is 0.961. The number of rotatable bonds is 2. The third kappa shape index (κ3) is 1.96. The second-order valence-corrected chi connectivity index (χ2v) is 4.63. The van der Waals surface area contributed by atoms with E-state index in [2.05, 4.69) is 24.3 Å². The van der Waals surface area contributed by atoms with Crippen LogP contribution in [0.5, 0.6) is 0 Å². The Labute approximate surface area is 108 Å². The normalized spacial score (nSPS) is 18.4. The predicted molar refractivity (Wildman–Crippen MR) is 74.4 cm³/mol. The molecule has 1 aliphatic heterocycles. The maximum absolute atomic E-state index is 6.08. The Morgan fingerprint density at radius 2 is 1.11 bits per heavy atom. The maximum atomic E-state index is 6.08. The zero-order chi connectivity index (χ0) is 12.3. The van der Waals surface area contributed by atoms with Gasteiger partial charge in [0.1, 0.15) is 0 Å². The molecular weight excluding hydrogens is 223 g/mol. The molecule has 0 saturated carbocycles. The van der Waals surface area contributed by atoms with Crippen LogP contribution >= 0.6 is 0 Å². The highest BCUT2D eigenvalue weighted by Gasteiger charge is 2.32. The van der Waals surface area contributed by atoms with Gasteiger partial charge in [-0.05, 0) is 6.42 Å². The molecule has 18 heavy (non-hydrogen) atoms. The Bertz CT molecular complexity index is 451. The first-order valence-corrected chi connectivity index (χ1v) is 6.45. The van der Waals surface area contributed by atoms with Crippen LogP contribution in [0, 0.1) is 0 Å². The van der Waals surface area contributed by atoms with E-state index >= 15 is 0 Å². The molecule has 0 bridgehead atoms. The van der Waals surface area contributed by atoms with E-state index in [4.69, 9.17) is 9.31 Å². The summed E-state index contributed by atoms with van der Waals surface area (Å²) in [4.78, 5) is 0. The molecule has 1 saturated heterocycles. The van der Waals surface area contributed by atoms with Crippen molar-refractivity contribution in [1.82, 2.24) is 0 Å². The highest BCUT2D eigenvalue weighted by molar-refractivity contribution is 6.92. The molecule has 92 valence electrons. The molecule has 2 nitrogen and oxygen atoms in total. The second kappa shape index (κ2) is 4.97. The summed E-state index contributed by atoms with van der Waals surface area (Å²) in [6.45, 7) is 0.00738. The van der Waals surface area contributed by atoms with Crippen LogP contribution in [-0.2, 0) is 9.31 Å². The molecule has 2 aromatic rings. The van der Waals surface area contributed by atoms with Crippen LogP contribution in [0.15, 0.2) is 60.7 Å². The van der Waals surface area contributed by atoms with Crippen LogP contribution in [-0.4, -0.2) is 19.8 Å². The molecule has 3 heteroatoms. The summed E-state index contributed by atoms with van der Waals surface area (Å²) in [5, 5.41) is 0. The summed E-state index contributed by atoms with van der Waals surface area (Å²) < 4.78 is 12.2. The lowest BCUT2D eigenvalue weighted by Crippen LogP contribution is -2.65. The maximum Gasteiger partial charge on any atom is 0.298 e. The fourth-order valence-electron chi connectivity index (χ4n) is 2.60. The molecule has 0 aliphatic carbocycles. The molecule has 0 radical (unpaired) electrons. The van der Waals surface area contributed by atoms with Crippen molar-refractivity contribution < 1.29 is 9.31 Å². The topological polar surface area (TPSA) is 18.5 Å². The van der Waals surface area contributed by atoms with Gasteiger partial charge in [0.25, 0.3) is 6.55 Å². The second-order valence-electron chi connectivity index (χ2n) is 4.63. The molecule has 0 atom stereocenters. The van der Waals surface area contributed by atoms with Gasteiger partial charge in [-0.15, -0.1) is 10.9 Å². The van der Waals surface area contributed by atoms with E-state index < -0.39 is 6.55 Å². The smallest absolute Gasteiger partial charge is 0.298 e. The van der Waals surface area contributed by atoms with Crippen molar-refractivity contribution in [3.8, 4) is 0 Å². The first-order chi connectivity index (χ1) is 8.92. The van der Waals surface area contributed by atoms with Gasteiger partial charge >= 0.3 is 0 Å². The van der Waals surface area contributed by atoms with E-state index in [-0.39, 0.29) is 0 Å². The molecule has 1 heterocycles. The quantitative estimate of drug-likeness (QED) is 0.742. The van der Waals surface area contributed by atoms with Crippen LogP contribution in [0.4, 0.5) is 0 Å². The summed E-state index contributed by atoms with van der Waals surface area (Å²) in [5.74, 6) is 0. The minimum absolute atomic E-state index is 0.754. The average Bonchev–Trinajstić information content (AvgIpc) is 2.50. The van der Waals surface area contributed by atoms with Crippen molar-refractivity contribution in [2.45, 2.75) is 6.42 Å². The fraction of sp³-hybridized carbons (Fsp3) is 0.200. The van der Waals surface area contributed by atoms with Crippen molar-refractivity contribution >= 4 is 17.5 Å². The van der Waals surface area contributed by atoms with E-state index in [1.807, 2.05) is 36.4 Å². The Balaban J connectivity index is 2.10. The van der Waals surface area contributed by atoms with Gasteiger partial charge < -0.3 is 9.31 Å². The first-order valence-electron chi connectivity index (χ1n) is 6.45. The molecule has 0 amide bonds. The fourth-order valence-corrected chi connectivity index (χ4v) is 2.60. The highest BCUT2D eigenvalue weighted by atomic mass is 16.6. The first kappa shape index (κ1) is 11.5. The third-order valence-electron chi connectivity index (χ3n) is 3.47. The highest BCUT2D eigenvalue weighted by Crippen LogP contribution is 2.14. The van der Waals surface area contributed by atoms with E-state index in [1.54, 1.807) is 0 Å². The minimum atomic E-state index is -1.50. The van der Waals surface area contributed by atoms with Crippen molar-refractivity contribution in [3.63, 3.8) is 0 Å². The van der Waals surface area contributed by atoms with Gasteiger partial charge in [0.05, 0.1) is 0 Å². The molecule has 0 N–H and O–H groups in total. The van der Waals surface area contributed by atoms with Gasteiger partial charge in [0, 0.05) is 13.2 Å². The minimum Gasteiger partial charge on any atom is -0.561 e. The monoisotopic (exact) mass is 239 g/mol. The largest absolute Gasteiger partial charge is 0.561 e. The molecule has 1 aliphatic rings. The molecule has 3 rings (SSSR count). The van der Waals surface area contributed by atoms with Gasteiger partial charge in [-0.25, -0.2) is 0 Å². The van der Waals surface area contributed by atoms with Gasteiger partial charge in [0.15, 0.2) is 0 Å².